The van der Waals surface area contributed by atoms with E-state index in [0.717, 1.165) is 24.0 Å². The van der Waals surface area contributed by atoms with E-state index in [9.17, 15) is 9.90 Å². The average Bonchev–Trinajstić information content (AvgIpc) is 2.92. The Hall–Kier alpha value is -1.81. The van der Waals surface area contributed by atoms with Gasteiger partial charge in [0.15, 0.2) is 0 Å². The highest BCUT2D eigenvalue weighted by molar-refractivity contribution is 5.95. The molecule has 0 spiro atoms. The molecule has 0 unspecified atom stereocenters. The number of carboxylic acid groups (broad SMARTS) is 1. The standard InChI is InChI=1S/C19H26N2O2/c1-14(2)17-13-21(11-10-20-8-4-3-5-9-20)18-7-6-15(19(22)23)12-16(17)18/h6-7,12-14H,3-5,8-11H2,1-2H3,(H,22,23). The van der Waals surface area contributed by atoms with Crippen molar-refractivity contribution in [2.24, 2.45) is 0 Å². The van der Waals surface area contributed by atoms with Crippen LogP contribution < -0.4 is 0 Å². The van der Waals surface area contributed by atoms with Crippen LogP contribution >= 0.6 is 0 Å². The number of carbonyl (C=O) groups is 1. The zero-order chi connectivity index (χ0) is 16.4. The van der Waals surface area contributed by atoms with Crippen LogP contribution in [0.15, 0.2) is 24.4 Å². The van der Waals surface area contributed by atoms with Crippen LogP contribution in [0.25, 0.3) is 10.9 Å². The fourth-order valence-electron chi connectivity index (χ4n) is 3.53. The summed E-state index contributed by atoms with van der Waals surface area (Å²) in [7, 11) is 0. The highest BCUT2D eigenvalue weighted by Crippen LogP contribution is 2.28. The van der Waals surface area contributed by atoms with Crippen molar-refractivity contribution in [3.63, 3.8) is 0 Å². The third-order valence-electron chi connectivity index (χ3n) is 4.89. The molecule has 1 aromatic carbocycles. The summed E-state index contributed by atoms with van der Waals surface area (Å²) < 4.78 is 2.30. The van der Waals surface area contributed by atoms with Gasteiger partial charge < -0.3 is 14.6 Å². The first-order chi connectivity index (χ1) is 11.1. The van der Waals surface area contributed by atoms with Gasteiger partial charge in [-0.3, -0.25) is 0 Å². The summed E-state index contributed by atoms with van der Waals surface area (Å²) in [6.45, 7) is 8.78. The molecule has 0 saturated carbocycles. The van der Waals surface area contributed by atoms with E-state index >= 15 is 0 Å². The van der Waals surface area contributed by atoms with Gasteiger partial charge in [-0.05, 0) is 55.6 Å². The topological polar surface area (TPSA) is 45.5 Å². The number of aromatic nitrogens is 1. The Morgan fingerprint density at radius 3 is 2.57 bits per heavy atom. The summed E-state index contributed by atoms with van der Waals surface area (Å²) in [5.74, 6) is -0.472. The summed E-state index contributed by atoms with van der Waals surface area (Å²) in [5.41, 5.74) is 2.76. The second-order valence-corrected chi connectivity index (χ2v) is 6.87. The molecule has 0 radical (unpaired) electrons. The number of hydrogen-bond acceptors (Lipinski definition) is 2. The summed E-state index contributed by atoms with van der Waals surface area (Å²) in [4.78, 5) is 13.8. The number of carboxylic acids is 1. The van der Waals surface area contributed by atoms with Crippen LogP contribution in [0.5, 0.6) is 0 Å². The normalized spacial score (nSPS) is 16.3. The molecule has 23 heavy (non-hydrogen) atoms. The molecule has 0 atom stereocenters. The van der Waals surface area contributed by atoms with Gasteiger partial charge >= 0.3 is 5.97 Å². The van der Waals surface area contributed by atoms with E-state index in [1.54, 1.807) is 6.07 Å². The SMILES string of the molecule is CC(C)c1cn(CCN2CCCCC2)c2ccc(C(=O)O)cc12. The van der Waals surface area contributed by atoms with Gasteiger partial charge in [0, 0.05) is 30.2 Å². The lowest BCUT2D eigenvalue weighted by Gasteiger charge is -2.26. The van der Waals surface area contributed by atoms with Crippen LogP contribution in [0, 0.1) is 0 Å². The molecule has 1 N–H and O–H groups in total. The number of nitrogens with zero attached hydrogens (tertiary/aromatic N) is 2. The summed E-state index contributed by atoms with van der Waals surface area (Å²) in [6, 6.07) is 5.50. The fourth-order valence-corrected chi connectivity index (χ4v) is 3.53. The van der Waals surface area contributed by atoms with E-state index in [2.05, 4.69) is 29.5 Å². The number of likely N-dealkylation sites (tertiary alicyclic amines) is 1. The molecule has 124 valence electrons. The molecule has 0 aliphatic carbocycles. The van der Waals surface area contributed by atoms with E-state index in [-0.39, 0.29) is 0 Å². The Morgan fingerprint density at radius 1 is 1.17 bits per heavy atom. The Labute approximate surface area is 137 Å². The number of fused-ring (bicyclic) bond motifs is 1. The van der Waals surface area contributed by atoms with E-state index in [0.29, 0.717) is 11.5 Å². The van der Waals surface area contributed by atoms with Crippen molar-refractivity contribution in [2.75, 3.05) is 19.6 Å². The lowest BCUT2D eigenvalue weighted by Crippen LogP contribution is -2.32. The number of aromatic carboxylic acids is 1. The molecule has 1 aliphatic rings. The lowest BCUT2D eigenvalue weighted by atomic mass is 10.0. The highest BCUT2D eigenvalue weighted by Gasteiger charge is 2.15. The van der Waals surface area contributed by atoms with E-state index in [1.165, 1.54) is 37.9 Å². The maximum absolute atomic E-state index is 11.3. The summed E-state index contributed by atoms with van der Waals surface area (Å²) >= 11 is 0. The van der Waals surface area contributed by atoms with Crippen molar-refractivity contribution < 1.29 is 9.90 Å². The zero-order valence-corrected chi connectivity index (χ0v) is 14.1. The predicted molar refractivity (Wildman–Crippen MR) is 93.3 cm³/mol. The highest BCUT2D eigenvalue weighted by atomic mass is 16.4. The zero-order valence-electron chi connectivity index (χ0n) is 14.1. The second kappa shape index (κ2) is 6.75. The number of hydrogen-bond donors (Lipinski definition) is 1. The molecule has 2 heterocycles. The Bertz CT molecular complexity index is 697. The Morgan fingerprint density at radius 2 is 1.91 bits per heavy atom. The second-order valence-electron chi connectivity index (χ2n) is 6.87. The molecule has 1 fully saturated rings. The summed E-state index contributed by atoms with van der Waals surface area (Å²) in [5, 5.41) is 10.3. The molecule has 0 bridgehead atoms. The third kappa shape index (κ3) is 3.42. The first-order valence-electron chi connectivity index (χ1n) is 8.64. The van der Waals surface area contributed by atoms with Gasteiger partial charge in [0.1, 0.15) is 0 Å². The van der Waals surface area contributed by atoms with Crippen molar-refractivity contribution in [3.05, 3.63) is 35.5 Å². The molecule has 4 nitrogen and oxygen atoms in total. The van der Waals surface area contributed by atoms with Crippen molar-refractivity contribution >= 4 is 16.9 Å². The van der Waals surface area contributed by atoms with Gasteiger partial charge in [-0.1, -0.05) is 20.3 Å². The van der Waals surface area contributed by atoms with E-state index in [4.69, 9.17) is 0 Å². The van der Waals surface area contributed by atoms with Gasteiger partial charge in [-0.15, -0.1) is 0 Å². The van der Waals surface area contributed by atoms with Gasteiger partial charge in [-0.2, -0.15) is 0 Å². The number of benzene rings is 1. The van der Waals surface area contributed by atoms with Crippen molar-refractivity contribution in [1.82, 2.24) is 9.47 Å². The molecular weight excluding hydrogens is 288 g/mol. The minimum atomic E-state index is -0.859. The first-order valence-corrected chi connectivity index (χ1v) is 8.64. The van der Waals surface area contributed by atoms with Crippen molar-refractivity contribution in [1.29, 1.82) is 0 Å². The molecule has 1 saturated heterocycles. The first kappa shape index (κ1) is 16.1. The molecule has 1 aliphatic heterocycles. The molecule has 2 aromatic rings. The van der Waals surface area contributed by atoms with Crippen LogP contribution in [-0.4, -0.2) is 40.2 Å². The molecular formula is C19H26N2O2. The number of rotatable bonds is 5. The maximum Gasteiger partial charge on any atom is 0.335 e. The molecule has 4 heteroatoms. The third-order valence-corrected chi connectivity index (χ3v) is 4.89. The van der Waals surface area contributed by atoms with Crippen LogP contribution in [0.4, 0.5) is 0 Å². The fraction of sp³-hybridized carbons (Fsp3) is 0.526. The van der Waals surface area contributed by atoms with E-state index in [1.807, 2.05) is 12.1 Å². The quantitative estimate of drug-likeness (QED) is 0.909. The van der Waals surface area contributed by atoms with Crippen LogP contribution in [0.3, 0.4) is 0 Å². The molecule has 1 aromatic heterocycles. The Balaban J connectivity index is 1.88. The number of piperidine rings is 1. The van der Waals surface area contributed by atoms with Crippen molar-refractivity contribution in [3.8, 4) is 0 Å². The van der Waals surface area contributed by atoms with Crippen LogP contribution in [-0.2, 0) is 6.54 Å². The van der Waals surface area contributed by atoms with Gasteiger partial charge in [0.05, 0.1) is 5.56 Å². The van der Waals surface area contributed by atoms with Gasteiger partial charge in [-0.25, -0.2) is 4.79 Å². The maximum atomic E-state index is 11.3. The molecule has 3 rings (SSSR count). The lowest BCUT2D eigenvalue weighted by molar-refractivity contribution is 0.0697. The average molecular weight is 314 g/mol. The Kier molecular flexibility index (Phi) is 4.71. The minimum Gasteiger partial charge on any atom is -0.478 e. The smallest absolute Gasteiger partial charge is 0.335 e. The largest absolute Gasteiger partial charge is 0.478 e. The predicted octanol–water partition coefficient (Wildman–Crippen LogP) is 3.95. The van der Waals surface area contributed by atoms with Gasteiger partial charge in [0.25, 0.3) is 0 Å². The minimum absolute atomic E-state index is 0.369. The summed E-state index contributed by atoms with van der Waals surface area (Å²) in [6.07, 6.45) is 6.20. The van der Waals surface area contributed by atoms with Crippen molar-refractivity contribution in [2.45, 2.75) is 45.6 Å². The van der Waals surface area contributed by atoms with Gasteiger partial charge in [0.2, 0.25) is 0 Å². The monoisotopic (exact) mass is 314 g/mol. The van der Waals surface area contributed by atoms with E-state index < -0.39 is 5.97 Å². The van der Waals surface area contributed by atoms with Crippen LogP contribution in [0.2, 0.25) is 0 Å². The van der Waals surface area contributed by atoms with Crippen LogP contribution in [0.1, 0.15) is 54.9 Å². The molecule has 0 amide bonds.